The first kappa shape index (κ1) is 20.1. The Morgan fingerprint density at radius 1 is 1.32 bits per heavy atom. The van der Waals surface area contributed by atoms with Crippen molar-refractivity contribution < 1.29 is 14.3 Å². The fourth-order valence-corrected chi connectivity index (χ4v) is 4.60. The molecule has 5 nitrogen and oxygen atoms in total. The lowest BCUT2D eigenvalue weighted by Crippen LogP contribution is -2.16. The summed E-state index contributed by atoms with van der Waals surface area (Å²) in [6.07, 6.45) is 5.16. The lowest BCUT2D eigenvalue weighted by Gasteiger charge is -2.12. The third kappa shape index (κ3) is 4.27. The van der Waals surface area contributed by atoms with Crippen LogP contribution < -0.4 is 5.32 Å². The quantitative estimate of drug-likeness (QED) is 0.424. The number of hydrogen-bond donors (Lipinski definition) is 1. The van der Waals surface area contributed by atoms with Gasteiger partial charge in [-0.15, -0.1) is 11.3 Å². The molecule has 3 rings (SSSR count). The number of fused-ring (bicyclic) bond motifs is 1. The van der Waals surface area contributed by atoms with Crippen molar-refractivity contribution in [2.45, 2.75) is 32.6 Å². The second kappa shape index (κ2) is 9.05. The van der Waals surface area contributed by atoms with Crippen LogP contribution in [0.2, 0.25) is 5.02 Å². The molecule has 0 aliphatic heterocycles. The molecule has 0 fully saturated rings. The lowest BCUT2D eigenvalue weighted by atomic mass is 9.95. The third-order valence-corrected chi connectivity index (χ3v) is 6.00. The van der Waals surface area contributed by atoms with Gasteiger partial charge in [-0.1, -0.05) is 29.8 Å². The Morgan fingerprint density at radius 2 is 2.07 bits per heavy atom. The smallest absolute Gasteiger partial charge is 0.341 e. The van der Waals surface area contributed by atoms with Crippen molar-refractivity contribution in [3.63, 3.8) is 0 Å². The van der Waals surface area contributed by atoms with Crippen LogP contribution in [0.3, 0.4) is 0 Å². The van der Waals surface area contributed by atoms with Crippen LogP contribution >= 0.6 is 22.9 Å². The average molecular weight is 415 g/mol. The molecule has 2 aromatic rings. The van der Waals surface area contributed by atoms with Crippen molar-refractivity contribution >= 4 is 45.9 Å². The molecule has 1 heterocycles. The van der Waals surface area contributed by atoms with E-state index in [1.54, 1.807) is 31.2 Å². The van der Waals surface area contributed by atoms with Gasteiger partial charge in [0.15, 0.2) is 0 Å². The van der Waals surface area contributed by atoms with Gasteiger partial charge in [0.05, 0.1) is 12.2 Å². The van der Waals surface area contributed by atoms with Crippen molar-refractivity contribution in [2.75, 3.05) is 11.9 Å². The number of ether oxygens (including phenoxy) is 1. The van der Waals surface area contributed by atoms with E-state index in [-0.39, 0.29) is 12.2 Å². The lowest BCUT2D eigenvalue weighted by molar-refractivity contribution is -0.112. The summed E-state index contributed by atoms with van der Waals surface area (Å²) < 4.78 is 5.19. The van der Waals surface area contributed by atoms with Gasteiger partial charge < -0.3 is 10.1 Å². The van der Waals surface area contributed by atoms with Crippen molar-refractivity contribution in [3.8, 4) is 6.07 Å². The zero-order chi connectivity index (χ0) is 20.1. The van der Waals surface area contributed by atoms with Crippen LogP contribution in [0.15, 0.2) is 29.8 Å². The van der Waals surface area contributed by atoms with E-state index in [2.05, 4.69) is 5.32 Å². The first-order chi connectivity index (χ1) is 13.5. The van der Waals surface area contributed by atoms with Gasteiger partial charge in [0.25, 0.3) is 5.91 Å². The monoisotopic (exact) mass is 414 g/mol. The summed E-state index contributed by atoms with van der Waals surface area (Å²) in [5.74, 6) is -1.02. The Kier molecular flexibility index (Phi) is 6.50. The molecule has 0 saturated heterocycles. The van der Waals surface area contributed by atoms with Crippen LogP contribution in [-0.2, 0) is 22.4 Å². The number of anilines is 1. The van der Waals surface area contributed by atoms with E-state index in [1.807, 2.05) is 6.07 Å². The van der Waals surface area contributed by atoms with E-state index in [0.29, 0.717) is 21.2 Å². The highest BCUT2D eigenvalue weighted by atomic mass is 35.5. The standard InChI is InChI=1S/C21H19ClN2O3S/c1-2-27-21(26)18-15-8-4-6-10-17(15)28-20(18)24-19(25)14(12-23)11-13-7-3-5-9-16(13)22/h3,5,7,9,11H,2,4,6,8,10H2,1H3,(H,24,25)/b14-11-. The van der Waals surface area contributed by atoms with Crippen LogP contribution in [0.25, 0.3) is 6.08 Å². The molecule has 0 radical (unpaired) electrons. The minimum Gasteiger partial charge on any atom is -0.462 e. The zero-order valence-corrected chi connectivity index (χ0v) is 17.0. The molecule has 1 aliphatic rings. The second-order valence-corrected chi connectivity index (χ2v) is 7.79. The summed E-state index contributed by atoms with van der Waals surface area (Å²) in [7, 11) is 0. The van der Waals surface area contributed by atoms with Crippen molar-refractivity contribution in [1.29, 1.82) is 5.26 Å². The Balaban J connectivity index is 1.93. The van der Waals surface area contributed by atoms with Gasteiger partial charge in [-0.3, -0.25) is 4.79 Å². The maximum absolute atomic E-state index is 12.7. The molecule has 0 atom stereocenters. The van der Waals surface area contributed by atoms with Crippen LogP contribution in [0.1, 0.15) is 46.1 Å². The Morgan fingerprint density at radius 3 is 2.79 bits per heavy atom. The second-order valence-electron chi connectivity index (χ2n) is 6.28. The highest BCUT2D eigenvalue weighted by Crippen LogP contribution is 2.38. The molecule has 1 N–H and O–H groups in total. The van der Waals surface area contributed by atoms with Gasteiger partial charge >= 0.3 is 5.97 Å². The molecule has 1 aliphatic carbocycles. The molecule has 1 aromatic carbocycles. The minimum absolute atomic E-state index is 0.0886. The maximum Gasteiger partial charge on any atom is 0.341 e. The molecular weight excluding hydrogens is 396 g/mol. The molecule has 1 aromatic heterocycles. The minimum atomic E-state index is -0.577. The highest BCUT2D eigenvalue weighted by Gasteiger charge is 2.27. The summed E-state index contributed by atoms with van der Waals surface area (Å²) in [4.78, 5) is 26.3. The molecule has 0 spiro atoms. The highest BCUT2D eigenvalue weighted by molar-refractivity contribution is 7.17. The van der Waals surface area contributed by atoms with E-state index in [1.165, 1.54) is 17.4 Å². The SMILES string of the molecule is CCOC(=O)c1c(NC(=O)/C(C#N)=C\c2ccccc2Cl)sc2c1CCCC2. The molecule has 7 heteroatoms. The summed E-state index contributed by atoms with van der Waals surface area (Å²) in [5.41, 5.74) is 1.87. The Bertz CT molecular complexity index is 988. The van der Waals surface area contributed by atoms with E-state index in [0.717, 1.165) is 36.1 Å². The number of rotatable bonds is 5. The first-order valence-electron chi connectivity index (χ1n) is 9.04. The van der Waals surface area contributed by atoms with Crippen LogP contribution in [-0.4, -0.2) is 18.5 Å². The number of aryl methyl sites for hydroxylation is 1. The summed E-state index contributed by atoms with van der Waals surface area (Å²) >= 11 is 7.50. The van der Waals surface area contributed by atoms with Crippen LogP contribution in [0.5, 0.6) is 0 Å². The number of esters is 1. The normalized spacial score (nSPS) is 13.4. The summed E-state index contributed by atoms with van der Waals surface area (Å²) in [6.45, 7) is 2.00. The third-order valence-electron chi connectivity index (χ3n) is 4.45. The molecule has 28 heavy (non-hydrogen) atoms. The van der Waals surface area contributed by atoms with Crippen LogP contribution in [0.4, 0.5) is 5.00 Å². The number of hydrogen-bond acceptors (Lipinski definition) is 5. The number of amides is 1. The number of benzene rings is 1. The Labute approximate surface area is 172 Å². The number of nitrogens with zero attached hydrogens (tertiary/aromatic N) is 1. The van der Waals surface area contributed by atoms with Gasteiger partial charge in [0.2, 0.25) is 0 Å². The number of nitriles is 1. The molecule has 0 saturated carbocycles. The van der Waals surface area contributed by atoms with E-state index >= 15 is 0 Å². The summed E-state index contributed by atoms with van der Waals surface area (Å²) in [6, 6.07) is 8.87. The average Bonchev–Trinajstić information content (AvgIpc) is 3.05. The van der Waals surface area contributed by atoms with Gasteiger partial charge in [-0.25, -0.2) is 4.79 Å². The van der Waals surface area contributed by atoms with Crippen molar-refractivity contribution in [2.24, 2.45) is 0 Å². The number of nitrogens with one attached hydrogen (secondary N) is 1. The molecule has 144 valence electrons. The first-order valence-corrected chi connectivity index (χ1v) is 10.2. The molecule has 1 amide bonds. The van der Waals surface area contributed by atoms with Gasteiger partial charge in [0.1, 0.15) is 16.6 Å². The predicted octanol–water partition coefficient (Wildman–Crippen LogP) is 5.00. The number of halogens is 1. The summed E-state index contributed by atoms with van der Waals surface area (Å²) in [5, 5.41) is 13.1. The molecule has 0 bridgehead atoms. The number of carbonyl (C=O) groups is 2. The Hall–Kier alpha value is -2.62. The van der Waals surface area contributed by atoms with Crippen LogP contribution in [0, 0.1) is 11.3 Å². The van der Waals surface area contributed by atoms with E-state index in [4.69, 9.17) is 16.3 Å². The van der Waals surface area contributed by atoms with Gasteiger partial charge in [-0.05, 0) is 55.9 Å². The van der Waals surface area contributed by atoms with Crippen molar-refractivity contribution in [3.05, 3.63) is 56.4 Å². The zero-order valence-electron chi connectivity index (χ0n) is 15.4. The van der Waals surface area contributed by atoms with Gasteiger partial charge in [-0.2, -0.15) is 5.26 Å². The topological polar surface area (TPSA) is 79.2 Å². The molecular formula is C21H19ClN2O3S. The fraction of sp³-hybridized carbons (Fsp3) is 0.286. The van der Waals surface area contributed by atoms with Gasteiger partial charge in [0, 0.05) is 9.90 Å². The largest absolute Gasteiger partial charge is 0.462 e. The fourth-order valence-electron chi connectivity index (χ4n) is 3.14. The van der Waals surface area contributed by atoms with E-state index in [9.17, 15) is 14.9 Å². The number of thiophene rings is 1. The number of carbonyl (C=O) groups excluding carboxylic acids is 2. The van der Waals surface area contributed by atoms with Crippen molar-refractivity contribution in [1.82, 2.24) is 0 Å². The van der Waals surface area contributed by atoms with E-state index < -0.39 is 11.9 Å². The predicted molar refractivity (Wildman–Crippen MR) is 111 cm³/mol. The molecule has 0 unspecified atom stereocenters. The maximum atomic E-state index is 12.7.